The highest BCUT2D eigenvalue weighted by Crippen LogP contribution is 2.74. The van der Waals surface area contributed by atoms with Crippen LogP contribution in [0.5, 0.6) is 0 Å². The molecule has 4 nitrogen and oxygen atoms in total. The molecule has 200 valence electrons. The quantitative estimate of drug-likeness (QED) is 0.320. The number of aliphatic hydroxyl groups is 1. The average Bonchev–Trinajstić information content (AvgIpc) is 3.34. The zero-order valence-electron chi connectivity index (χ0n) is 23.8. The van der Waals surface area contributed by atoms with E-state index in [1.807, 2.05) is 13.8 Å². The molecule has 1 saturated heterocycles. The van der Waals surface area contributed by atoms with Gasteiger partial charge >= 0.3 is 5.97 Å². The molecule has 4 aliphatic rings. The number of hydrogen-bond donors (Lipinski definition) is 1. The van der Waals surface area contributed by atoms with Crippen molar-refractivity contribution in [3.63, 3.8) is 0 Å². The second-order valence-corrected chi connectivity index (χ2v) is 14.3. The molecule has 0 aromatic rings. The van der Waals surface area contributed by atoms with Gasteiger partial charge in [0.2, 0.25) is 0 Å². The molecule has 3 saturated carbocycles. The summed E-state index contributed by atoms with van der Waals surface area (Å²) in [5.41, 5.74) is 0.933. The van der Waals surface area contributed by atoms with Crippen LogP contribution in [0, 0.1) is 39.9 Å². The number of carbonyl (C=O) groups excluding carboxylic acids is 1. The standard InChI is InChI=1S/C31H52O4/c1-20(2)21-12-18-30(7)24(28(21,5)16-15-26(32)34-9)11-10-22-23(13-17-29(22,30)6)31(8)19-14-25(35-31)27(3,4)33/h21-25,33H,1,10-19H2,2-9H3/t21?,22?,23?,24?,25?,28-,29+,30+,31-/m0/s1. The van der Waals surface area contributed by atoms with Crippen molar-refractivity contribution in [2.24, 2.45) is 39.9 Å². The first kappa shape index (κ1) is 27.2. The molecule has 4 rings (SSSR count). The summed E-state index contributed by atoms with van der Waals surface area (Å²) >= 11 is 0. The van der Waals surface area contributed by atoms with Crippen molar-refractivity contribution in [2.45, 2.75) is 130 Å². The van der Waals surface area contributed by atoms with Crippen molar-refractivity contribution in [3.8, 4) is 0 Å². The molecule has 0 amide bonds. The fourth-order valence-corrected chi connectivity index (χ4v) is 10.1. The molecule has 9 atom stereocenters. The van der Waals surface area contributed by atoms with Crippen LogP contribution in [-0.2, 0) is 14.3 Å². The number of carbonyl (C=O) groups is 1. The SMILES string of the molecule is C=C(C)C1CC[C@]2(C)C(CCC3C([C@]4(C)CCC(C(C)(C)O)O4)CC[C@]32C)[C@@]1(C)CCC(=O)OC. The van der Waals surface area contributed by atoms with Crippen LogP contribution in [0.1, 0.15) is 113 Å². The molecule has 3 aliphatic carbocycles. The van der Waals surface area contributed by atoms with Crippen LogP contribution in [0.2, 0.25) is 0 Å². The Morgan fingerprint density at radius 1 is 1.00 bits per heavy atom. The topological polar surface area (TPSA) is 55.8 Å². The van der Waals surface area contributed by atoms with Crippen molar-refractivity contribution in [3.05, 3.63) is 12.2 Å². The highest BCUT2D eigenvalue weighted by Gasteiger charge is 2.68. The third-order valence-electron chi connectivity index (χ3n) is 12.2. The van der Waals surface area contributed by atoms with Crippen LogP contribution in [0.3, 0.4) is 0 Å². The van der Waals surface area contributed by atoms with E-state index >= 15 is 0 Å². The molecule has 5 unspecified atom stereocenters. The number of rotatable bonds is 6. The van der Waals surface area contributed by atoms with Gasteiger partial charge in [-0.1, -0.05) is 32.9 Å². The third-order valence-corrected chi connectivity index (χ3v) is 12.2. The number of methoxy groups -OCH3 is 1. The zero-order valence-corrected chi connectivity index (χ0v) is 23.8. The van der Waals surface area contributed by atoms with Crippen molar-refractivity contribution in [2.75, 3.05) is 7.11 Å². The summed E-state index contributed by atoms with van der Waals surface area (Å²) in [5, 5.41) is 10.6. The highest BCUT2D eigenvalue weighted by molar-refractivity contribution is 5.69. The Hall–Kier alpha value is -0.870. The first-order valence-electron chi connectivity index (χ1n) is 14.2. The van der Waals surface area contributed by atoms with Gasteiger partial charge in [0.1, 0.15) is 0 Å². The van der Waals surface area contributed by atoms with Gasteiger partial charge in [-0.25, -0.2) is 0 Å². The maximum Gasteiger partial charge on any atom is 0.305 e. The van der Waals surface area contributed by atoms with Gasteiger partial charge in [0.25, 0.3) is 0 Å². The minimum atomic E-state index is -0.786. The Kier molecular flexibility index (Phi) is 6.88. The molecule has 0 bridgehead atoms. The Balaban J connectivity index is 1.63. The minimum Gasteiger partial charge on any atom is -0.469 e. The van der Waals surface area contributed by atoms with Crippen LogP contribution in [-0.4, -0.2) is 35.5 Å². The maximum atomic E-state index is 12.2. The van der Waals surface area contributed by atoms with Crippen molar-refractivity contribution in [1.82, 2.24) is 0 Å². The van der Waals surface area contributed by atoms with Crippen LogP contribution < -0.4 is 0 Å². The Morgan fingerprint density at radius 3 is 2.23 bits per heavy atom. The van der Waals surface area contributed by atoms with Gasteiger partial charge in [-0.15, -0.1) is 0 Å². The first-order valence-corrected chi connectivity index (χ1v) is 14.2. The van der Waals surface area contributed by atoms with Gasteiger partial charge in [0.15, 0.2) is 0 Å². The summed E-state index contributed by atoms with van der Waals surface area (Å²) in [6.45, 7) is 20.4. The Labute approximate surface area is 214 Å². The Bertz CT molecular complexity index is 843. The van der Waals surface area contributed by atoms with E-state index in [0.717, 1.165) is 19.3 Å². The molecule has 4 heteroatoms. The molecule has 1 heterocycles. The fourth-order valence-electron chi connectivity index (χ4n) is 10.1. The molecule has 1 aliphatic heterocycles. The van der Waals surface area contributed by atoms with Gasteiger partial charge in [0.05, 0.1) is 24.4 Å². The predicted octanol–water partition coefficient (Wildman–Crippen LogP) is 7.09. The third kappa shape index (κ3) is 4.13. The lowest BCUT2D eigenvalue weighted by molar-refractivity contribution is -0.188. The van der Waals surface area contributed by atoms with E-state index in [0.29, 0.717) is 30.1 Å². The number of fused-ring (bicyclic) bond motifs is 3. The van der Waals surface area contributed by atoms with Crippen LogP contribution in [0.4, 0.5) is 0 Å². The summed E-state index contributed by atoms with van der Waals surface area (Å²) in [6, 6.07) is 0. The molecular weight excluding hydrogens is 436 g/mol. The predicted molar refractivity (Wildman–Crippen MR) is 141 cm³/mol. The van der Waals surface area contributed by atoms with E-state index in [1.54, 1.807) is 0 Å². The summed E-state index contributed by atoms with van der Waals surface area (Å²) in [6.07, 6.45) is 10.7. The van der Waals surface area contributed by atoms with E-state index in [4.69, 9.17) is 9.47 Å². The van der Waals surface area contributed by atoms with Gasteiger partial charge in [0, 0.05) is 6.42 Å². The van der Waals surface area contributed by atoms with Gasteiger partial charge in [-0.05, 0) is 125 Å². The summed E-state index contributed by atoms with van der Waals surface area (Å²) in [5.74, 6) is 2.16. The second kappa shape index (κ2) is 8.86. The van der Waals surface area contributed by atoms with Crippen LogP contribution >= 0.6 is 0 Å². The molecule has 0 aromatic carbocycles. The lowest BCUT2D eigenvalue weighted by Gasteiger charge is -2.66. The van der Waals surface area contributed by atoms with E-state index < -0.39 is 5.60 Å². The maximum absolute atomic E-state index is 12.2. The summed E-state index contributed by atoms with van der Waals surface area (Å²) in [4.78, 5) is 12.2. The summed E-state index contributed by atoms with van der Waals surface area (Å²) < 4.78 is 11.8. The number of esters is 1. The van der Waals surface area contributed by atoms with Crippen molar-refractivity contribution >= 4 is 5.97 Å². The number of allylic oxidation sites excluding steroid dienone is 1. The number of ether oxygens (including phenoxy) is 2. The van der Waals surface area contributed by atoms with Crippen molar-refractivity contribution < 1.29 is 19.4 Å². The smallest absolute Gasteiger partial charge is 0.305 e. The zero-order chi connectivity index (χ0) is 26.0. The van der Waals surface area contributed by atoms with E-state index in [-0.39, 0.29) is 33.9 Å². The van der Waals surface area contributed by atoms with E-state index in [9.17, 15) is 9.90 Å². The fraction of sp³-hybridized carbons (Fsp3) is 0.903. The van der Waals surface area contributed by atoms with Gasteiger partial charge in [-0.2, -0.15) is 0 Å². The largest absolute Gasteiger partial charge is 0.469 e. The minimum absolute atomic E-state index is 0.0683. The van der Waals surface area contributed by atoms with E-state index in [2.05, 4.69) is 41.2 Å². The van der Waals surface area contributed by atoms with Crippen LogP contribution in [0.15, 0.2) is 12.2 Å². The molecule has 1 N–H and O–H groups in total. The lowest BCUT2D eigenvalue weighted by Crippen LogP contribution is -2.60. The summed E-state index contributed by atoms with van der Waals surface area (Å²) in [7, 11) is 1.50. The van der Waals surface area contributed by atoms with Crippen molar-refractivity contribution in [1.29, 1.82) is 0 Å². The first-order chi connectivity index (χ1) is 16.1. The van der Waals surface area contributed by atoms with E-state index in [1.165, 1.54) is 51.2 Å². The second-order valence-electron chi connectivity index (χ2n) is 14.3. The van der Waals surface area contributed by atoms with Crippen LogP contribution in [0.25, 0.3) is 0 Å². The molecule has 35 heavy (non-hydrogen) atoms. The number of hydrogen-bond acceptors (Lipinski definition) is 4. The highest BCUT2D eigenvalue weighted by atomic mass is 16.5. The lowest BCUT2D eigenvalue weighted by atomic mass is 9.38. The average molecular weight is 489 g/mol. The van der Waals surface area contributed by atoms with Gasteiger partial charge in [-0.3, -0.25) is 4.79 Å². The molecule has 4 fully saturated rings. The molecule has 0 spiro atoms. The monoisotopic (exact) mass is 488 g/mol. The molecule has 0 radical (unpaired) electrons. The molecular formula is C31H52O4. The van der Waals surface area contributed by atoms with Gasteiger partial charge < -0.3 is 14.6 Å². The Morgan fingerprint density at radius 2 is 1.66 bits per heavy atom. The normalized spacial score (nSPS) is 47.7. The molecule has 0 aromatic heterocycles.